The highest BCUT2D eigenvalue weighted by molar-refractivity contribution is 5.78. The molecule has 0 aliphatic heterocycles. The molecule has 1 aromatic rings. The number of unbranched alkanes of at least 4 members (excludes halogenated alkanes) is 1. The minimum absolute atomic E-state index is 0.543. The molecule has 2 rings (SSSR count). The Morgan fingerprint density at radius 1 is 1.18 bits per heavy atom. The van der Waals surface area contributed by atoms with E-state index in [0.29, 0.717) is 12.0 Å². The number of rotatable bonds is 7. The van der Waals surface area contributed by atoms with E-state index in [1.807, 2.05) is 6.07 Å². The van der Waals surface area contributed by atoms with Crippen LogP contribution >= 0.6 is 0 Å². The van der Waals surface area contributed by atoms with E-state index in [4.69, 9.17) is 5.73 Å². The Balaban J connectivity index is 1.58. The maximum atomic E-state index is 5.97. The third-order valence-electron chi connectivity index (χ3n) is 4.34. The molecule has 1 saturated carbocycles. The molecular weight excluding hydrogens is 272 g/mol. The van der Waals surface area contributed by atoms with E-state index in [9.17, 15) is 0 Å². The van der Waals surface area contributed by atoms with Gasteiger partial charge in [0.2, 0.25) is 0 Å². The first kappa shape index (κ1) is 16.7. The molecule has 122 valence electrons. The molecule has 0 atom stereocenters. The standard InChI is InChI=1S/C18H30N4/c1-22(17-12-6-3-7-13-17)15-9-8-14-20-18(19)21-16-10-4-2-5-11-16/h3,6-7,12-13,16H,2,4-5,8-11,14-15H2,1H3,(H3,19,20,21). The first-order valence-electron chi connectivity index (χ1n) is 8.58. The average Bonchev–Trinajstić information content (AvgIpc) is 2.56. The van der Waals surface area contributed by atoms with Crippen molar-refractivity contribution in [2.45, 2.75) is 51.0 Å². The van der Waals surface area contributed by atoms with Gasteiger partial charge in [-0.25, -0.2) is 0 Å². The predicted molar refractivity (Wildman–Crippen MR) is 95.4 cm³/mol. The molecule has 0 amide bonds. The zero-order chi connectivity index (χ0) is 15.6. The summed E-state index contributed by atoms with van der Waals surface area (Å²) in [6, 6.07) is 11.0. The van der Waals surface area contributed by atoms with E-state index in [1.54, 1.807) is 0 Å². The van der Waals surface area contributed by atoms with Crippen LogP contribution in [-0.4, -0.2) is 32.1 Å². The molecule has 0 heterocycles. The summed E-state index contributed by atoms with van der Waals surface area (Å²) in [7, 11) is 2.14. The van der Waals surface area contributed by atoms with Crippen LogP contribution in [0.15, 0.2) is 35.3 Å². The summed E-state index contributed by atoms with van der Waals surface area (Å²) in [5.41, 5.74) is 7.23. The second-order valence-corrected chi connectivity index (χ2v) is 6.21. The monoisotopic (exact) mass is 302 g/mol. The second kappa shape index (κ2) is 9.34. The number of anilines is 1. The van der Waals surface area contributed by atoms with Crippen LogP contribution in [0.3, 0.4) is 0 Å². The van der Waals surface area contributed by atoms with E-state index >= 15 is 0 Å². The number of nitrogens with zero attached hydrogens (tertiary/aromatic N) is 2. The summed E-state index contributed by atoms with van der Waals surface area (Å²) in [5, 5.41) is 3.36. The highest BCUT2D eigenvalue weighted by Crippen LogP contribution is 2.17. The maximum absolute atomic E-state index is 5.97. The summed E-state index contributed by atoms with van der Waals surface area (Å²) in [4.78, 5) is 6.74. The minimum Gasteiger partial charge on any atom is -0.375 e. The van der Waals surface area contributed by atoms with Gasteiger partial charge in [0.1, 0.15) is 0 Å². The molecule has 0 aromatic heterocycles. The second-order valence-electron chi connectivity index (χ2n) is 6.21. The molecule has 0 unspecified atom stereocenters. The van der Waals surface area contributed by atoms with Gasteiger partial charge in [0, 0.05) is 31.9 Å². The molecule has 1 fully saturated rings. The summed E-state index contributed by atoms with van der Waals surface area (Å²) in [6.07, 6.45) is 8.67. The lowest BCUT2D eigenvalue weighted by molar-refractivity contribution is 0.412. The lowest BCUT2D eigenvalue weighted by Crippen LogP contribution is -2.41. The van der Waals surface area contributed by atoms with Crippen LogP contribution in [0.25, 0.3) is 0 Å². The minimum atomic E-state index is 0.543. The number of nitrogens with two attached hydrogens (primary N) is 1. The van der Waals surface area contributed by atoms with Crippen molar-refractivity contribution in [1.82, 2.24) is 5.32 Å². The van der Waals surface area contributed by atoms with E-state index in [2.05, 4.69) is 46.5 Å². The summed E-state index contributed by atoms with van der Waals surface area (Å²) >= 11 is 0. The molecule has 0 saturated heterocycles. The van der Waals surface area contributed by atoms with Crippen LogP contribution in [0.2, 0.25) is 0 Å². The molecule has 1 aliphatic carbocycles. The van der Waals surface area contributed by atoms with Gasteiger partial charge in [-0.2, -0.15) is 0 Å². The molecule has 3 N–H and O–H groups in total. The van der Waals surface area contributed by atoms with Crippen molar-refractivity contribution < 1.29 is 0 Å². The zero-order valence-corrected chi connectivity index (χ0v) is 13.8. The van der Waals surface area contributed by atoms with Crippen molar-refractivity contribution in [3.8, 4) is 0 Å². The van der Waals surface area contributed by atoms with Crippen LogP contribution < -0.4 is 16.0 Å². The summed E-state index contributed by atoms with van der Waals surface area (Å²) in [5.74, 6) is 0.628. The first-order chi connectivity index (χ1) is 10.8. The van der Waals surface area contributed by atoms with E-state index < -0.39 is 0 Å². The normalized spacial score (nSPS) is 16.5. The van der Waals surface area contributed by atoms with Gasteiger partial charge in [0.05, 0.1) is 0 Å². The SMILES string of the molecule is CN(CCCCN=C(N)NC1CCCCC1)c1ccccc1. The van der Waals surface area contributed by atoms with Gasteiger partial charge >= 0.3 is 0 Å². The highest BCUT2D eigenvalue weighted by Gasteiger charge is 2.13. The van der Waals surface area contributed by atoms with Gasteiger partial charge in [-0.1, -0.05) is 37.5 Å². The van der Waals surface area contributed by atoms with Crippen molar-refractivity contribution >= 4 is 11.6 Å². The van der Waals surface area contributed by atoms with Gasteiger partial charge in [0.15, 0.2) is 5.96 Å². The lowest BCUT2D eigenvalue weighted by atomic mass is 9.96. The Hall–Kier alpha value is -1.71. The molecule has 1 aliphatic rings. The molecule has 4 nitrogen and oxygen atoms in total. The quantitative estimate of drug-likeness (QED) is 0.462. The molecule has 0 bridgehead atoms. The fourth-order valence-corrected chi connectivity index (χ4v) is 2.97. The predicted octanol–water partition coefficient (Wildman–Crippen LogP) is 3.14. The number of nitrogens with one attached hydrogen (secondary N) is 1. The lowest BCUT2D eigenvalue weighted by Gasteiger charge is -2.23. The summed E-state index contributed by atoms with van der Waals surface area (Å²) < 4.78 is 0. The van der Waals surface area contributed by atoms with Crippen molar-refractivity contribution in [3.05, 3.63) is 30.3 Å². The Labute approximate surface area is 134 Å². The maximum Gasteiger partial charge on any atom is 0.188 e. The van der Waals surface area contributed by atoms with Crippen molar-refractivity contribution in [1.29, 1.82) is 0 Å². The van der Waals surface area contributed by atoms with Gasteiger partial charge in [-0.05, 0) is 37.8 Å². The van der Waals surface area contributed by atoms with Crippen LogP contribution in [-0.2, 0) is 0 Å². The van der Waals surface area contributed by atoms with Crippen LogP contribution in [0.4, 0.5) is 5.69 Å². The Kier molecular flexibility index (Phi) is 7.07. The van der Waals surface area contributed by atoms with Gasteiger partial charge in [0.25, 0.3) is 0 Å². The van der Waals surface area contributed by atoms with Crippen LogP contribution in [0.1, 0.15) is 44.9 Å². The third-order valence-corrected chi connectivity index (χ3v) is 4.34. The Morgan fingerprint density at radius 3 is 2.64 bits per heavy atom. The van der Waals surface area contributed by atoms with Crippen molar-refractivity contribution in [3.63, 3.8) is 0 Å². The zero-order valence-electron chi connectivity index (χ0n) is 13.8. The van der Waals surface area contributed by atoms with Crippen molar-refractivity contribution in [2.75, 3.05) is 25.0 Å². The fraction of sp³-hybridized carbons (Fsp3) is 0.611. The largest absolute Gasteiger partial charge is 0.375 e. The number of aliphatic imine (C=N–C) groups is 1. The van der Waals surface area contributed by atoms with Gasteiger partial charge in [-0.3, -0.25) is 4.99 Å². The van der Waals surface area contributed by atoms with E-state index in [0.717, 1.165) is 25.9 Å². The highest BCUT2D eigenvalue weighted by atomic mass is 15.1. The van der Waals surface area contributed by atoms with Gasteiger partial charge in [-0.15, -0.1) is 0 Å². The topological polar surface area (TPSA) is 53.6 Å². The van der Waals surface area contributed by atoms with E-state index in [1.165, 1.54) is 37.8 Å². The number of para-hydroxylation sites is 1. The number of benzene rings is 1. The molecule has 4 heteroatoms. The Morgan fingerprint density at radius 2 is 1.91 bits per heavy atom. The van der Waals surface area contributed by atoms with Crippen molar-refractivity contribution in [2.24, 2.45) is 10.7 Å². The first-order valence-corrected chi connectivity index (χ1v) is 8.58. The van der Waals surface area contributed by atoms with E-state index in [-0.39, 0.29) is 0 Å². The van der Waals surface area contributed by atoms with Crippen LogP contribution in [0.5, 0.6) is 0 Å². The number of guanidine groups is 1. The molecule has 1 aromatic carbocycles. The third kappa shape index (κ3) is 5.96. The molecular formula is C18H30N4. The van der Waals surface area contributed by atoms with Crippen LogP contribution in [0, 0.1) is 0 Å². The average molecular weight is 302 g/mol. The smallest absolute Gasteiger partial charge is 0.188 e. The Bertz CT molecular complexity index is 438. The molecule has 22 heavy (non-hydrogen) atoms. The molecule has 0 spiro atoms. The number of hydrogen-bond donors (Lipinski definition) is 2. The number of hydrogen-bond acceptors (Lipinski definition) is 2. The fourth-order valence-electron chi connectivity index (χ4n) is 2.97. The molecule has 0 radical (unpaired) electrons. The van der Waals surface area contributed by atoms with Gasteiger partial charge < -0.3 is 16.0 Å². The summed E-state index contributed by atoms with van der Waals surface area (Å²) in [6.45, 7) is 1.86.